The van der Waals surface area contributed by atoms with E-state index in [1.807, 2.05) is 0 Å². The lowest BCUT2D eigenvalue weighted by Crippen LogP contribution is -2.35. The number of phenolic OH excluding ortho intramolecular Hbond substituents is 2. The van der Waals surface area contributed by atoms with Crippen LogP contribution in [-0.4, -0.2) is 16.0 Å². The Bertz CT molecular complexity index is 371. The minimum atomic E-state index is -0.766. The first kappa shape index (κ1) is 9.15. The van der Waals surface area contributed by atoms with Gasteiger partial charge < -0.3 is 19.7 Å². The second-order valence-corrected chi connectivity index (χ2v) is 3.70. The molecule has 1 aromatic carbocycles. The summed E-state index contributed by atoms with van der Waals surface area (Å²) in [5.41, 5.74) is 0.490. The van der Waals surface area contributed by atoms with Crippen molar-refractivity contribution >= 4 is 0 Å². The van der Waals surface area contributed by atoms with Gasteiger partial charge in [0.1, 0.15) is 5.75 Å². The van der Waals surface area contributed by atoms with E-state index in [2.05, 4.69) is 0 Å². The topological polar surface area (TPSA) is 58.9 Å². The van der Waals surface area contributed by atoms with Crippen LogP contribution in [0, 0.1) is 0 Å². The Labute approximate surface area is 81.7 Å². The third-order valence-corrected chi connectivity index (χ3v) is 2.13. The predicted octanol–water partition coefficient (Wildman–Crippen LogP) is 1.74. The third-order valence-electron chi connectivity index (χ3n) is 2.13. The fraction of sp³-hybridized carbons (Fsp3) is 0.400. The van der Waals surface area contributed by atoms with E-state index in [-0.39, 0.29) is 18.1 Å². The highest BCUT2D eigenvalue weighted by Gasteiger charge is 2.30. The number of fused-ring (bicyclic) bond motifs is 1. The smallest absolute Gasteiger partial charge is 0.205 e. The van der Waals surface area contributed by atoms with Gasteiger partial charge in [-0.05, 0) is 12.1 Å². The Kier molecular flexibility index (Phi) is 1.82. The molecule has 0 spiro atoms. The highest BCUT2D eigenvalue weighted by molar-refractivity contribution is 5.53. The van der Waals surface area contributed by atoms with Gasteiger partial charge in [-0.2, -0.15) is 0 Å². The second-order valence-electron chi connectivity index (χ2n) is 3.70. The number of rotatable bonds is 0. The first-order chi connectivity index (χ1) is 6.49. The number of hydrogen-bond donors (Lipinski definition) is 2. The molecular weight excluding hydrogens is 184 g/mol. The maximum Gasteiger partial charge on any atom is 0.205 e. The minimum Gasteiger partial charge on any atom is -0.507 e. The standard InChI is InChI=1S/C10H12O4/c1-10(2)13-5-6-7(11)3-4-8(12)9(6)14-10/h3-4,11-12H,5H2,1-2H3. The molecule has 4 nitrogen and oxygen atoms in total. The van der Waals surface area contributed by atoms with Crippen molar-refractivity contribution in [2.24, 2.45) is 0 Å². The van der Waals surface area contributed by atoms with E-state index >= 15 is 0 Å². The lowest BCUT2D eigenvalue weighted by atomic mass is 10.1. The van der Waals surface area contributed by atoms with Crippen LogP contribution in [-0.2, 0) is 11.3 Å². The van der Waals surface area contributed by atoms with E-state index in [1.165, 1.54) is 12.1 Å². The molecule has 2 N–H and O–H groups in total. The van der Waals surface area contributed by atoms with Crippen molar-refractivity contribution < 1.29 is 19.7 Å². The molecule has 1 heterocycles. The molecule has 0 saturated heterocycles. The molecule has 1 aromatic rings. The van der Waals surface area contributed by atoms with Gasteiger partial charge in [-0.15, -0.1) is 0 Å². The van der Waals surface area contributed by atoms with Crippen LogP contribution in [0.25, 0.3) is 0 Å². The molecule has 76 valence electrons. The molecule has 0 aromatic heterocycles. The van der Waals surface area contributed by atoms with Crippen LogP contribution in [0.4, 0.5) is 0 Å². The van der Waals surface area contributed by atoms with Crippen LogP contribution >= 0.6 is 0 Å². The van der Waals surface area contributed by atoms with Crippen molar-refractivity contribution in [3.63, 3.8) is 0 Å². The van der Waals surface area contributed by atoms with Gasteiger partial charge in [0.05, 0.1) is 12.2 Å². The molecule has 0 aliphatic carbocycles. The zero-order chi connectivity index (χ0) is 10.3. The first-order valence-corrected chi connectivity index (χ1v) is 4.36. The fourth-order valence-electron chi connectivity index (χ4n) is 1.38. The Morgan fingerprint density at radius 2 is 1.86 bits per heavy atom. The van der Waals surface area contributed by atoms with Crippen molar-refractivity contribution in [1.29, 1.82) is 0 Å². The van der Waals surface area contributed by atoms with E-state index in [0.29, 0.717) is 11.3 Å². The average molecular weight is 196 g/mol. The second kappa shape index (κ2) is 2.78. The highest BCUT2D eigenvalue weighted by atomic mass is 16.7. The number of hydrogen-bond acceptors (Lipinski definition) is 4. The van der Waals surface area contributed by atoms with Crippen LogP contribution in [0.15, 0.2) is 12.1 Å². The lowest BCUT2D eigenvalue weighted by molar-refractivity contribution is -0.181. The van der Waals surface area contributed by atoms with Crippen molar-refractivity contribution in [1.82, 2.24) is 0 Å². The molecule has 2 rings (SSSR count). The summed E-state index contributed by atoms with van der Waals surface area (Å²) in [6, 6.07) is 2.81. The molecule has 0 bridgehead atoms. The van der Waals surface area contributed by atoms with E-state index < -0.39 is 5.79 Å². The predicted molar refractivity (Wildman–Crippen MR) is 49.3 cm³/mol. The van der Waals surface area contributed by atoms with E-state index in [9.17, 15) is 10.2 Å². The number of aromatic hydroxyl groups is 2. The Morgan fingerprint density at radius 1 is 1.21 bits per heavy atom. The number of ether oxygens (including phenoxy) is 2. The Morgan fingerprint density at radius 3 is 2.57 bits per heavy atom. The monoisotopic (exact) mass is 196 g/mol. The van der Waals surface area contributed by atoms with E-state index in [1.54, 1.807) is 13.8 Å². The maximum absolute atomic E-state index is 9.52. The molecule has 1 aliphatic rings. The molecule has 1 aliphatic heterocycles. The fourth-order valence-corrected chi connectivity index (χ4v) is 1.38. The van der Waals surface area contributed by atoms with Crippen LogP contribution in [0.2, 0.25) is 0 Å². The van der Waals surface area contributed by atoms with Crippen molar-refractivity contribution in [3.05, 3.63) is 17.7 Å². The zero-order valence-electron chi connectivity index (χ0n) is 8.07. The van der Waals surface area contributed by atoms with Crippen molar-refractivity contribution in [3.8, 4) is 17.2 Å². The number of phenols is 2. The molecule has 0 saturated carbocycles. The molecule has 4 heteroatoms. The van der Waals surface area contributed by atoms with Gasteiger partial charge in [0.25, 0.3) is 0 Å². The quantitative estimate of drug-likeness (QED) is 0.620. The van der Waals surface area contributed by atoms with Crippen LogP contribution in [0.1, 0.15) is 19.4 Å². The summed E-state index contributed by atoms with van der Waals surface area (Å²) in [5, 5.41) is 19.0. The SMILES string of the molecule is CC1(C)OCc2c(O)ccc(O)c2O1. The Balaban J connectivity index is 2.51. The van der Waals surface area contributed by atoms with Gasteiger partial charge in [-0.25, -0.2) is 0 Å². The summed E-state index contributed by atoms with van der Waals surface area (Å²) in [6.45, 7) is 3.74. The number of benzene rings is 1. The van der Waals surface area contributed by atoms with Gasteiger partial charge in [-0.3, -0.25) is 0 Å². The summed E-state index contributed by atoms with van der Waals surface area (Å²) >= 11 is 0. The van der Waals surface area contributed by atoms with Crippen LogP contribution in [0.5, 0.6) is 17.2 Å². The van der Waals surface area contributed by atoms with Gasteiger partial charge in [-0.1, -0.05) is 0 Å². The Hall–Kier alpha value is -1.42. The van der Waals surface area contributed by atoms with Gasteiger partial charge >= 0.3 is 0 Å². The van der Waals surface area contributed by atoms with Crippen LogP contribution in [0.3, 0.4) is 0 Å². The minimum absolute atomic E-state index is 0.0224. The lowest BCUT2D eigenvalue weighted by Gasteiger charge is -2.32. The van der Waals surface area contributed by atoms with Crippen molar-refractivity contribution in [2.45, 2.75) is 26.2 Å². The van der Waals surface area contributed by atoms with Crippen molar-refractivity contribution in [2.75, 3.05) is 0 Å². The molecule has 14 heavy (non-hydrogen) atoms. The normalized spacial score (nSPS) is 18.4. The third kappa shape index (κ3) is 1.37. The summed E-state index contributed by atoms with van der Waals surface area (Å²) < 4.78 is 10.7. The van der Waals surface area contributed by atoms with Crippen LogP contribution < -0.4 is 4.74 Å². The zero-order valence-corrected chi connectivity index (χ0v) is 8.07. The first-order valence-electron chi connectivity index (χ1n) is 4.36. The summed E-state index contributed by atoms with van der Waals surface area (Å²) in [5.74, 6) is -0.359. The van der Waals surface area contributed by atoms with Gasteiger partial charge in [0.15, 0.2) is 11.5 Å². The molecule has 0 unspecified atom stereocenters. The highest BCUT2D eigenvalue weighted by Crippen LogP contribution is 2.42. The van der Waals surface area contributed by atoms with E-state index in [4.69, 9.17) is 9.47 Å². The van der Waals surface area contributed by atoms with E-state index in [0.717, 1.165) is 0 Å². The van der Waals surface area contributed by atoms with Gasteiger partial charge in [0, 0.05) is 13.8 Å². The molecule has 0 atom stereocenters. The molecule has 0 radical (unpaired) electrons. The summed E-state index contributed by atoms with van der Waals surface area (Å²) in [7, 11) is 0. The molecule has 0 fully saturated rings. The largest absolute Gasteiger partial charge is 0.507 e. The van der Waals surface area contributed by atoms with Gasteiger partial charge in [0.2, 0.25) is 5.79 Å². The maximum atomic E-state index is 9.52. The molecular formula is C10H12O4. The summed E-state index contributed by atoms with van der Waals surface area (Å²) in [4.78, 5) is 0. The summed E-state index contributed by atoms with van der Waals surface area (Å²) in [6.07, 6.45) is 0. The molecule has 0 amide bonds. The average Bonchev–Trinajstić information content (AvgIpc) is 2.10.